The highest BCUT2D eigenvalue weighted by molar-refractivity contribution is 5.92. The van der Waals surface area contributed by atoms with Crippen LogP contribution in [-0.4, -0.2) is 18.1 Å². The van der Waals surface area contributed by atoms with Crippen LogP contribution in [0, 0.1) is 5.92 Å². The second-order valence-corrected chi connectivity index (χ2v) is 5.61. The van der Waals surface area contributed by atoms with Gasteiger partial charge >= 0.3 is 6.18 Å². The molecule has 1 aromatic carbocycles. The molecular weight excluding hydrogens is 281 g/mol. The molecule has 6 heteroatoms. The van der Waals surface area contributed by atoms with Gasteiger partial charge in [0.2, 0.25) is 5.91 Å². The standard InChI is InChI=1S/C15H19F3N2O/c16-15(17,18)9-10-3-1-6-13(7-10)20-14(21)11-4-2-5-12(19)8-11/h1,3,6-7,11-12H,2,4-5,8-9,19H2,(H,20,21). The van der Waals surface area contributed by atoms with Gasteiger partial charge in [-0.3, -0.25) is 4.79 Å². The zero-order valence-electron chi connectivity index (χ0n) is 11.6. The number of rotatable bonds is 3. The molecule has 1 aliphatic rings. The van der Waals surface area contributed by atoms with Crippen molar-refractivity contribution in [3.63, 3.8) is 0 Å². The third-order valence-electron chi connectivity index (χ3n) is 3.68. The Morgan fingerprint density at radius 2 is 2.10 bits per heavy atom. The Bertz CT molecular complexity index is 502. The number of carbonyl (C=O) groups excluding carboxylic acids is 1. The second kappa shape index (κ2) is 6.47. The van der Waals surface area contributed by atoms with Crippen molar-refractivity contribution >= 4 is 11.6 Å². The van der Waals surface area contributed by atoms with Gasteiger partial charge in [-0.15, -0.1) is 0 Å². The molecule has 0 saturated heterocycles. The summed E-state index contributed by atoms with van der Waals surface area (Å²) >= 11 is 0. The molecule has 0 heterocycles. The molecule has 2 rings (SSSR count). The van der Waals surface area contributed by atoms with Crippen LogP contribution in [0.4, 0.5) is 18.9 Å². The number of benzene rings is 1. The molecule has 0 radical (unpaired) electrons. The summed E-state index contributed by atoms with van der Waals surface area (Å²) in [7, 11) is 0. The summed E-state index contributed by atoms with van der Waals surface area (Å²) < 4.78 is 37.1. The number of nitrogens with one attached hydrogen (secondary N) is 1. The van der Waals surface area contributed by atoms with Crippen molar-refractivity contribution in [2.45, 2.75) is 44.3 Å². The predicted octanol–water partition coefficient (Wildman–Crippen LogP) is 3.25. The lowest BCUT2D eigenvalue weighted by Gasteiger charge is -2.25. The van der Waals surface area contributed by atoms with Crippen LogP contribution >= 0.6 is 0 Å². The second-order valence-electron chi connectivity index (χ2n) is 5.61. The fourth-order valence-electron chi connectivity index (χ4n) is 2.70. The van der Waals surface area contributed by atoms with Crippen molar-refractivity contribution in [3.05, 3.63) is 29.8 Å². The first-order valence-corrected chi connectivity index (χ1v) is 7.05. The Balaban J connectivity index is 1.99. The van der Waals surface area contributed by atoms with Gasteiger partial charge in [0.1, 0.15) is 0 Å². The minimum atomic E-state index is -4.25. The number of carbonyl (C=O) groups is 1. The van der Waals surface area contributed by atoms with Gasteiger partial charge in [0.05, 0.1) is 6.42 Å². The molecule has 3 nitrogen and oxygen atoms in total. The maximum atomic E-state index is 12.4. The summed E-state index contributed by atoms with van der Waals surface area (Å²) in [6.45, 7) is 0. The largest absolute Gasteiger partial charge is 0.393 e. The van der Waals surface area contributed by atoms with Crippen molar-refractivity contribution in [2.24, 2.45) is 11.7 Å². The number of anilines is 1. The molecule has 1 amide bonds. The predicted molar refractivity (Wildman–Crippen MR) is 74.8 cm³/mol. The van der Waals surface area contributed by atoms with Crippen molar-refractivity contribution < 1.29 is 18.0 Å². The molecule has 2 unspecified atom stereocenters. The maximum absolute atomic E-state index is 12.4. The third-order valence-corrected chi connectivity index (χ3v) is 3.68. The van der Waals surface area contributed by atoms with Crippen LogP contribution in [0.25, 0.3) is 0 Å². The van der Waals surface area contributed by atoms with E-state index in [4.69, 9.17) is 5.73 Å². The fourth-order valence-corrected chi connectivity index (χ4v) is 2.70. The first-order chi connectivity index (χ1) is 9.83. The van der Waals surface area contributed by atoms with E-state index in [-0.39, 0.29) is 23.4 Å². The van der Waals surface area contributed by atoms with Crippen LogP contribution in [0.15, 0.2) is 24.3 Å². The maximum Gasteiger partial charge on any atom is 0.393 e. The Morgan fingerprint density at radius 1 is 1.33 bits per heavy atom. The highest BCUT2D eigenvalue weighted by Crippen LogP contribution is 2.26. The van der Waals surface area contributed by atoms with Gasteiger partial charge in [-0.1, -0.05) is 18.6 Å². The van der Waals surface area contributed by atoms with Gasteiger partial charge in [-0.05, 0) is 37.0 Å². The minimum Gasteiger partial charge on any atom is -0.328 e. The molecule has 0 aromatic heterocycles. The average molecular weight is 300 g/mol. The normalized spacial score (nSPS) is 22.9. The number of amides is 1. The third kappa shape index (κ3) is 5.04. The van der Waals surface area contributed by atoms with E-state index in [2.05, 4.69) is 5.32 Å². The van der Waals surface area contributed by atoms with E-state index in [0.717, 1.165) is 19.3 Å². The van der Waals surface area contributed by atoms with Crippen molar-refractivity contribution in [1.82, 2.24) is 0 Å². The highest BCUT2D eigenvalue weighted by atomic mass is 19.4. The van der Waals surface area contributed by atoms with Gasteiger partial charge in [0, 0.05) is 17.6 Å². The molecular formula is C15H19F3N2O. The minimum absolute atomic E-state index is 0.0334. The molecule has 2 atom stereocenters. The molecule has 1 aromatic rings. The number of hydrogen-bond acceptors (Lipinski definition) is 2. The van der Waals surface area contributed by atoms with E-state index in [1.807, 2.05) is 0 Å². The summed E-state index contributed by atoms with van der Waals surface area (Å²) in [6, 6.07) is 5.92. The summed E-state index contributed by atoms with van der Waals surface area (Å²) in [5.74, 6) is -0.311. The zero-order valence-corrected chi connectivity index (χ0v) is 11.6. The highest BCUT2D eigenvalue weighted by Gasteiger charge is 2.28. The van der Waals surface area contributed by atoms with Crippen LogP contribution in [-0.2, 0) is 11.2 Å². The van der Waals surface area contributed by atoms with Gasteiger partial charge in [0.15, 0.2) is 0 Å². The monoisotopic (exact) mass is 300 g/mol. The molecule has 21 heavy (non-hydrogen) atoms. The molecule has 1 aliphatic carbocycles. The van der Waals surface area contributed by atoms with Crippen LogP contribution in [0.2, 0.25) is 0 Å². The van der Waals surface area contributed by atoms with E-state index < -0.39 is 12.6 Å². The van der Waals surface area contributed by atoms with Crippen molar-refractivity contribution in [3.8, 4) is 0 Å². The van der Waals surface area contributed by atoms with E-state index in [0.29, 0.717) is 12.1 Å². The molecule has 3 N–H and O–H groups in total. The van der Waals surface area contributed by atoms with Crippen LogP contribution < -0.4 is 11.1 Å². The van der Waals surface area contributed by atoms with Gasteiger partial charge in [0.25, 0.3) is 0 Å². The lowest BCUT2D eigenvalue weighted by Crippen LogP contribution is -2.34. The first kappa shape index (κ1) is 15.8. The van der Waals surface area contributed by atoms with E-state index in [9.17, 15) is 18.0 Å². The zero-order chi connectivity index (χ0) is 15.5. The summed E-state index contributed by atoms with van der Waals surface area (Å²) in [4.78, 5) is 12.1. The number of alkyl halides is 3. The van der Waals surface area contributed by atoms with E-state index >= 15 is 0 Å². The smallest absolute Gasteiger partial charge is 0.328 e. The fraction of sp³-hybridized carbons (Fsp3) is 0.533. The van der Waals surface area contributed by atoms with Crippen LogP contribution in [0.5, 0.6) is 0 Å². The summed E-state index contributed by atoms with van der Waals surface area (Å²) in [6.07, 6.45) is -2.00. The lowest BCUT2D eigenvalue weighted by atomic mass is 9.85. The molecule has 1 fully saturated rings. The number of halogens is 3. The first-order valence-electron chi connectivity index (χ1n) is 7.05. The van der Waals surface area contributed by atoms with Crippen LogP contribution in [0.3, 0.4) is 0 Å². The van der Waals surface area contributed by atoms with E-state index in [1.165, 1.54) is 18.2 Å². The Hall–Kier alpha value is -1.56. The van der Waals surface area contributed by atoms with E-state index in [1.54, 1.807) is 6.07 Å². The molecule has 1 saturated carbocycles. The quantitative estimate of drug-likeness (QED) is 0.900. The SMILES string of the molecule is NC1CCCC(C(=O)Nc2cccc(CC(F)(F)F)c2)C1. The summed E-state index contributed by atoms with van der Waals surface area (Å²) in [5.41, 5.74) is 6.39. The Labute approximate surface area is 121 Å². The molecule has 116 valence electrons. The summed E-state index contributed by atoms with van der Waals surface area (Å²) in [5, 5.41) is 2.70. The lowest BCUT2D eigenvalue weighted by molar-refractivity contribution is -0.127. The van der Waals surface area contributed by atoms with Crippen LogP contribution in [0.1, 0.15) is 31.2 Å². The average Bonchev–Trinajstić information content (AvgIpc) is 2.37. The molecule has 0 aliphatic heterocycles. The topological polar surface area (TPSA) is 55.1 Å². The Kier molecular flexibility index (Phi) is 4.88. The van der Waals surface area contributed by atoms with Crippen molar-refractivity contribution in [2.75, 3.05) is 5.32 Å². The van der Waals surface area contributed by atoms with Gasteiger partial charge < -0.3 is 11.1 Å². The van der Waals surface area contributed by atoms with Gasteiger partial charge in [-0.2, -0.15) is 13.2 Å². The number of nitrogens with two attached hydrogens (primary N) is 1. The van der Waals surface area contributed by atoms with Gasteiger partial charge in [-0.25, -0.2) is 0 Å². The number of hydrogen-bond donors (Lipinski definition) is 2. The Morgan fingerprint density at radius 3 is 2.76 bits per heavy atom. The molecule has 0 spiro atoms. The van der Waals surface area contributed by atoms with Crippen molar-refractivity contribution in [1.29, 1.82) is 0 Å². The molecule has 0 bridgehead atoms.